The summed E-state index contributed by atoms with van der Waals surface area (Å²) < 4.78 is 2.25. The van der Waals surface area contributed by atoms with Gasteiger partial charge in [0.25, 0.3) is 0 Å². The van der Waals surface area contributed by atoms with Crippen LogP contribution in [0.2, 0.25) is 0 Å². The second-order valence-electron chi connectivity index (χ2n) is 3.76. The van der Waals surface area contributed by atoms with Crippen molar-refractivity contribution < 1.29 is 0 Å². The van der Waals surface area contributed by atoms with Gasteiger partial charge in [0.05, 0.1) is 0 Å². The van der Waals surface area contributed by atoms with Gasteiger partial charge in [-0.15, -0.1) is 0 Å². The number of benzene rings is 1. The van der Waals surface area contributed by atoms with Gasteiger partial charge in [-0.25, -0.2) is 0 Å². The van der Waals surface area contributed by atoms with Crippen LogP contribution in [0.15, 0.2) is 27.1 Å². The van der Waals surface area contributed by atoms with Crippen molar-refractivity contribution >= 4 is 31.9 Å². The fourth-order valence-electron chi connectivity index (χ4n) is 1.52. The van der Waals surface area contributed by atoms with Gasteiger partial charge < -0.3 is 5.32 Å². The van der Waals surface area contributed by atoms with Crippen LogP contribution in [-0.2, 0) is 6.54 Å². The molecule has 76 valence electrons. The van der Waals surface area contributed by atoms with Crippen LogP contribution in [-0.4, -0.2) is 6.04 Å². The molecule has 0 atom stereocenters. The fraction of sp³-hybridized carbons (Fsp3) is 0.455. The maximum absolute atomic E-state index is 3.55. The molecule has 1 fully saturated rings. The van der Waals surface area contributed by atoms with E-state index < -0.39 is 0 Å². The van der Waals surface area contributed by atoms with Gasteiger partial charge in [0.1, 0.15) is 0 Å². The Balaban J connectivity index is 1.91. The van der Waals surface area contributed by atoms with Crippen LogP contribution in [0.1, 0.15) is 24.8 Å². The van der Waals surface area contributed by atoms with E-state index in [4.69, 9.17) is 0 Å². The van der Waals surface area contributed by atoms with Crippen molar-refractivity contribution in [3.8, 4) is 0 Å². The summed E-state index contributed by atoms with van der Waals surface area (Å²) in [4.78, 5) is 0. The quantitative estimate of drug-likeness (QED) is 0.892. The summed E-state index contributed by atoms with van der Waals surface area (Å²) in [6, 6.07) is 7.16. The molecule has 1 nitrogen and oxygen atoms in total. The van der Waals surface area contributed by atoms with Crippen molar-refractivity contribution in [2.24, 2.45) is 0 Å². The van der Waals surface area contributed by atoms with Gasteiger partial charge in [0, 0.05) is 21.5 Å². The highest BCUT2D eigenvalue weighted by molar-refractivity contribution is 9.13. The fourth-order valence-corrected chi connectivity index (χ4v) is 2.20. The van der Waals surface area contributed by atoms with Crippen molar-refractivity contribution in [1.29, 1.82) is 0 Å². The molecule has 0 bridgehead atoms. The van der Waals surface area contributed by atoms with Gasteiger partial charge in [-0.05, 0) is 62.4 Å². The molecule has 0 heterocycles. The average Bonchev–Trinajstić information content (AvgIpc) is 2.08. The molecular weight excluding hydrogens is 306 g/mol. The standard InChI is InChI=1S/C11H13Br2N/c12-10-5-4-8(6-11(10)13)7-14-9-2-1-3-9/h4-6,9,14H,1-3,7H2. The highest BCUT2D eigenvalue weighted by atomic mass is 79.9. The molecule has 0 aliphatic heterocycles. The Bertz CT molecular complexity index is 321. The Hall–Kier alpha value is 0.140. The molecule has 1 aromatic carbocycles. The summed E-state index contributed by atoms with van der Waals surface area (Å²) in [6.07, 6.45) is 4.08. The lowest BCUT2D eigenvalue weighted by atomic mass is 9.93. The Morgan fingerprint density at radius 3 is 2.57 bits per heavy atom. The van der Waals surface area contributed by atoms with E-state index in [2.05, 4.69) is 55.4 Å². The molecule has 1 aliphatic carbocycles. The number of nitrogens with one attached hydrogen (secondary N) is 1. The Kier molecular flexibility index (Phi) is 3.63. The minimum absolute atomic E-state index is 0.762. The molecular formula is C11H13Br2N. The van der Waals surface area contributed by atoms with E-state index >= 15 is 0 Å². The minimum atomic E-state index is 0.762. The molecule has 0 amide bonds. The maximum Gasteiger partial charge on any atom is 0.0320 e. The highest BCUT2D eigenvalue weighted by Gasteiger charge is 2.15. The van der Waals surface area contributed by atoms with Crippen molar-refractivity contribution in [3.63, 3.8) is 0 Å². The molecule has 1 aromatic rings. The SMILES string of the molecule is Brc1ccc(CNC2CCC2)cc1Br. The monoisotopic (exact) mass is 317 g/mol. The van der Waals surface area contributed by atoms with Gasteiger partial charge in [-0.2, -0.15) is 0 Å². The number of halogens is 2. The van der Waals surface area contributed by atoms with Crippen LogP contribution in [0.5, 0.6) is 0 Å². The lowest BCUT2D eigenvalue weighted by molar-refractivity contribution is 0.338. The van der Waals surface area contributed by atoms with Gasteiger partial charge >= 0.3 is 0 Å². The highest BCUT2D eigenvalue weighted by Crippen LogP contribution is 2.24. The first kappa shape index (κ1) is 10.7. The zero-order valence-electron chi connectivity index (χ0n) is 7.89. The second-order valence-corrected chi connectivity index (χ2v) is 5.47. The lowest BCUT2D eigenvalue weighted by Crippen LogP contribution is -2.34. The summed E-state index contributed by atoms with van der Waals surface area (Å²) in [5.41, 5.74) is 1.34. The van der Waals surface area contributed by atoms with Gasteiger partial charge in [-0.3, -0.25) is 0 Å². The minimum Gasteiger partial charge on any atom is -0.310 e. The zero-order valence-corrected chi connectivity index (χ0v) is 11.1. The van der Waals surface area contributed by atoms with E-state index in [1.54, 1.807) is 0 Å². The van der Waals surface area contributed by atoms with Crippen LogP contribution in [0.4, 0.5) is 0 Å². The van der Waals surface area contributed by atoms with Crippen molar-refractivity contribution in [1.82, 2.24) is 5.32 Å². The second kappa shape index (κ2) is 4.77. The van der Waals surface area contributed by atoms with Crippen molar-refractivity contribution in [2.75, 3.05) is 0 Å². The number of rotatable bonds is 3. The number of hydrogen-bond acceptors (Lipinski definition) is 1. The first-order valence-corrected chi connectivity index (χ1v) is 6.51. The smallest absolute Gasteiger partial charge is 0.0320 e. The first-order valence-electron chi connectivity index (χ1n) is 4.93. The molecule has 0 unspecified atom stereocenters. The topological polar surface area (TPSA) is 12.0 Å². The molecule has 14 heavy (non-hydrogen) atoms. The number of hydrogen-bond donors (Lipinski definition) is 1. The van der Waals surface area contributed by atoms with Gasteiger partial charge in [0.2, 0.25) is 0 Å². The molecule has 0 spiro atoms. The zero-order chi connectivity index (χ0) is 9.97. The van der Waals surface area contributed by atoms with Crippen molar-refractivity contribution in [3.05, 3.63) is 32.7 Å². The predicted octanol–water partition coefficient (Wildman–Crippen LogP) is 3.85. The lowest BCUT2D eigenvalue weighted by Gasteiger charge is -2.26. The molecule has 1 saturated carbocycles. The van der Waals surface area contributed by atoms with Gasteiger partial charge in [-0.1, -0.05) is 12.5 Å². The molecule has 0 radical (unpaired) electrons. The predicted molar refractivity (Wildman–Crippen MR) is 66.3 cm³/mol. The van der Waals surface area contributed by atoms with Crippen molar-refractivity contribution in [2.45, 2.75) is 31.8 Å². The summed E-state index contributed by atoms with van der Waals surface area (Å²) in [7, 11) is 0. The van der Waals surface area contributed by atoms with Crippen LogP contribution < -0.4 is 5.32 Å². The third-order valence-corrected chi connectivity index (χ3v) is 4.56. The van der Waals surface area contributed by atoms with E-state index in [0.717, 1.165) is 21.5 Å². The van der Waals surface area contributed by atoms with E-state index in [1.165, 1.54) is 24.8 Å². The molecule has 2 rings (SSSR count). The van der Waals surface area contributed by atoms with E-state index in [1.807, 2.05) is 0 Å². The Morgan fingerprint density at radius 2 is 2.00 bits per heavy atom. The Labute approximate surface area is 102 Å². The third kappa shape index (κ3) is 2.59. The summed E-state index contributed by atoms with van der Waals surface area (Å²) >= 11 is 6.98. The summed E-state index contributed by atoms with van der Waals surface area (Å²) in [6.45, 7) is 0.983. The molecule has 0 saturated heterocycles. The van der Waals surface area contributed by atoms with Crippen LogP contribution in [0.3, 0.4) is 0 Å². The van der Waals surface area contributed by atoms with Crippen LogP contribution in [0, 0.1) is 0 Å². The molecule has 1 N–H and O–H groups in total. The maximum atomic E-state index is 3.55. The molecule has 1 aliphatic rings. The molecule has 0 aromatic heterocycles. The normalized spacial score (nSPS) is 16.7. The van der Waals surface area contributed by atoms with E-state index in [0.29, 0.717) is 0 Å². The van der Waals surface area contributed by atoms with E-state index in [-0.39, 0.29) is 0 Å². The van der Waals surface area contributed by atoms with Crippen LogP contribution >= 0.6 is 31.9 Å². The van der Waals surface area contributed by atoms with Crippen LogP contribution in [0.25, 0.3) is 0 Å². The largest absolute Gasteiger partial charge is 0.310 e. The first-order chi connectivity index (χ1) is 6.75. The molecule has 3 heteroatoms. The third-order valence-electron chi connectivity index (χ3n) is 2.68. The average molecular weight is 319 g/mol. The summed E-state index contributed by atoms with van der Waals surface area (Å²) in [5.74, 6) is 0. The Morgan fingerprint density at radius 1 is 1.21 bits per heavy atom. The van der Waals surface area contributed by atoms with Gasteiger partial charge in [0.15, 0.2) is 0 Å². The van der Waals surface area contributed by atoms with E-state index in [9.17, 15) is 0 Å². The summed E-state index contributed by atoms with van der Waals surface area (Å²) in [5, 5.41) is 3.55.